The molecule has 1 saturated heterocycles. The zero-order chi connectivity index (χ0) is 11.1. The summed E-state index contributed by atoms with van der Waals surface area (Å²) in [6.45, 7) is 6.08. The Morgan fingerprint density at radius 3 is 2.80 bits per heavy atom. The van der Waals surface area contributed by atoms with E-state index in [1.165, 1.54) is 0 Å². The molecule has 1 heterocycles. The summed E-state index contributed by atoms with van der Waals surface area (Å²) in [7, 11) is 0. The number of carbonyl (C=O) groups is 1. The monoisotopic (exact) mass is 213 g/mol. The molecule has 0 aromatic heterocycles. The first-order chi connectivity index (χ1) is 7.24. The van der Waals surface area contributed by atoms with Crippen molar-refractivity contribution in [1.82, 2.24) is 4.90 Å². The third-order valence-corrected chi connectivity index (χ3v) is 2.48. The normalized spacial score (nSPS) is 18.6. The summed E-state index contributed by atoms with van der Waals surface area (Å²) in [5.41, 5.74) is 0. The van der Waals surface area contributed by atoms with Gasteiger partial charge in [-0.2, -0.15) is 0 Å². The van der Waals surface area contributed by atoms with E-state index in [0.717, 1.165) is 6.42 Å². The standard InChI is InChI=1S/C11H19NO3/c1-2-3-4-10(13)9-11(14)12-5-7-15-8-6-12/h2,10,13H,1,3-9H2. The Balaban J connectivity index is 2.23. The van der Waals surface area contributed by atoms with Gasteiger partial charge >= 0.3 is 0 Å². The SMILES string of the molecule is C=CCCC(O)CC(=O)N1CCOCC1. The molecule has 0 spiro atoms. The van der Waals surface area contributed by atoms with Gasteiger partial charge in [-0.1, -0.05) is 6.08 Å². The van der Waals surface area contributed by atoms with Crippen LogP contribution in [-0.4, -0.2) is 48.3 Å². The molecule has 0 aliphatic carbocycles. The van der Waals surface area contributed by atoms with Crippen molar-refractivity contribution < 1.29 is 14.6 Å². The summed E-state index contributed by atoms with van der Waals surface area (Å²) >= 11 is 0. The van der Waals surface area contributed by atoms with Gasteiger partial charge in [0.1, 0.15) is 0 Å². The van der Waals surface area contributed by atoms with Crippen molar-refractivity contribution >= 4 is 5.91 Å². The Bertz CT molecular complexity index is 212. The van der Waals surface area contributed by atoms with Gasteiger partial charge in [-0.3, -0.25) is 4.79 Å². The van der Waals surface area contributed by atoms with Gasteiger partial charge in [-0.25, -0.2) is 0 Å². The first-order valence-corrected chi connectivity index (χ1v) is 5.38. The van der Waals surface area contributed by atoms with Gasteiger partial charge in [0.05, 0.1) is 25.7 Å². The lowest BCUT2D eigenvalue weighted by Gasteiger charge is -2.27. The van der Waals surface area contributed by atoms with Crippen LogP contribution < -0.4 is 0 Å². The molecule has 1 atom stereocenters. The van der Waals surface area contributed by atoms with Crippen LogP contribution in [0, 0.1) is 0 Å². The number of aliphatic hydroxyl groups excluding tert-OH is 1. The van der Waals surface area contributed by atoms with E-state index in [-0.39, 0.29) is 12.3 Å². The van der Waals surface area contributed by atoms with Crippen LogP contribution in [0.5, 0.6) is 0 Å². The van der Waals surface area contributed by atoms with Crippen molar-refractivity contribution in [2.45, 2.75) is 25.4 Å². The van der Waals surface area contributed by atoms with E-state index in [4.69, 9.17) is 4.74 Å². The van der Waals surface area contributed by atoms with E-state index >= 15 is 0 Å². The molecular weight excluding hydrogens is 194 g/mol. The molecule has 1 unspecified atom stereocenters. The summed E-state index contributed by atoms with van der Waals surface area (Å²) in [5, 5.41) is 9.55. The smallest absolute Gasteiger partial charge is 0.225 e. The van der Waals surface area contributed by atoms with Crippen LogP contribution in [0.25, 0.3) is 0 Å². The predicted octanol–water partition coefficient (Wildman–Crippen LogP) is 0.562. The largest absolute Gasteiger partial charge is 0.393 e. The lowest BCUT2D eigenvalue weighted by atomic mass is 10.1. The summed E-state index contributed by atoms with van der Waals surface area (Å²) in [6.07, 6.45) is 2.78. The minimum atomic E-state index is -0.543. The van der Waals surface area contributed by atoms with Crippen LogP contribution >= 0.6 is 0 Å². The van der Waals surface area contributed by atoms with Crippen LogP contribution in [-0.2, 0) is 9.53 Å². The van der Waals surface area contributed by atoms with E-state index in [1.807, 2.05) is 0 Å². The molecule has 4 heteroatoms. The van der Waals surface area contributed by atoms with Crippen molar-refractivity contribution in [2.24, 2.45) is 0 Å². The predicted molar refractivity (Wildman–Crippen MR) is 57.5 cm³/mol. The Morgan fingerprint density at radius 1 is 1.53 bits per heavy atom. The summed E-state index contributed by atoms with van der Waals surface area (Å²) in [4.78, 5) is 13.4. The second kappa shape index (κ2) is 6.58. The molecule has 86 valence electrons. The van der Waals surface area contributed by atoms with Crippen LogP contribution in [0.15, 0.2) is 12.7 Å². The number of allylic oxidation sites excluding steroid dienone is 1. The third-order valence-electron chi connectivity index (χ3n) is 2.48. The highest BCUT2D eigenvalue weighted by Crippen LogP contribution is 2.07. The Morgan fingerprint density at radius 2 is 2.20 bits per heavy atom. The van der Waals surface area contributed by atoms with E-state index in [0.29, 0.717) is 32.7 Å². The Hall–Kier alpha value is -0.870. The highest BCUT2D eigenvalue weighted by atomic mass is 16.5. The first kappa shape index (κ1) is 12.2. The second-order valence-electron chi connectivity index (χ2n) is 3.72. The van der Waals surface area contributed by atoms with E-state index < -0.39 is 6.10 Å². The molecule has 1 fully saturated rings. The fraction of sp³-hybridized carbons (Fsp3) is 0.727. The number of hydrogen-bond acceptors (Lipinski definition) is 3. The first-order valence-electron chi connectivity index (χ1n) is 5.38. The highest BCUT2D eigenvalue weighted by molar-refractivity contribution is 5.76. The van der Waals surface area contributed by atoms with Crippen molar-refractivity contribution in [3.05, 3.63) is 12.7 Å². The zero-order valence-electron chi connectivity index (χ0n) is 9.02. The van der Waals surface area contributed by atoms with Crippen molar-refractivity contribution in [1.29, 1.82) is 0 Å². The molecule has 0 bridgehead atoms. The fourth-order valence-corrected chi connectivity index (χ4v) is 1.56. The molecule has 1 aliphatic rings. The van der Waals surface area contributed by atoms with E-state index in [2.05, 4.69) is 6.58 Å². The average molecular weight is 213 g/mol. The molecule has 1 N–H and O–H groups in total. The molecule has 0 aromatic rings. The second-order valence-corrected chi connectivity index (χ2v) is 3.72. The van der Waals surface area contributed by atoms with Gasteiger partial charge < -0.3 is 14.7 Å². The van der Waals surface area contributed by atoms with Gasteiger partial charge in [-0.15, -0.1) is 6.58 Å². The van der Waals surface area contributed by atoms with E-state index in [9.17, 15) is 9.90 Å². The summed E-state index contributed by atoms with van der Waals surface area (Å²) in [5.74, 6) is 0.0230. The van der Waals surface area contributed by atoms with Gasteiger partial charge in [0.2, 0.25) is 5.91 Å². The number of amides is 1. The fourth-order valence-electron chi connectivity index (χ4n) is 1.56. The minimum absolute atomic E-state index is 0.0230. The third kappa shape index (κ3) is 4.44. The number of ether oxygens (including phenoxy) is 1. The number of aliphatic hydroxyl groups is 1. The lowest BCUT2D eigenvalue weighted by molar-refractivity contribution is -0.137. The number of nitrogens with zero attached hydrogens (tertiary/aromatic N) is 1. The molecule has 1 aliphatic heterocycles. The van der Waals surface area contributed by atoms with Crippen molar-refractivity contribution in [3.8, 4) is 0 Å². The van der Waals surface area contributed by atoms with Gasteiger partial charge in [0.15, 0.2) is 0 Å². The van der Waals surface area contributed by atoms with Crippen LogP contribution in [0.2, 0.25) is 0 Å². The van der Waals surface area contributed by atoms with Crippen LogP contribution in [0.4, 0.5) is 0 Å². The molecular formula is C11H19NO3. The van der Waals surface area contributed by atoms with E-state index in [1.54, 1.807) is 11.0 Å². The summed E-state index contributed by atoms with van der Waals surface area (Å²) < 4.78 is 5.15. The number of hydrogen-bond donors (Lipinski definition) is 1. The molecule has 1 rings (SSSR count). The maximum atomic E-state index is 11.7. The van der Waals surface area contributed by atoms with Crippen molar-refractivity contribution in [2.75, 3.05) is 26.3 Å². The molecule has 15 heavy (non-hydrogen) atoms. The zero-order valence-corrected chi connectivity index (χ0v) is 9.02. The van der Waals surface area contributed by atoms with Crippen LogP contribution in [0.1, 0.15) is 19.3 Å². The Labute approximate surface area is 90.5 Å². The van der Waals surface area contributed by atoms with Crippen molar-refractivity contribution in [3.63, 3.8) is 0 Å². The van der Waals surface area contributed by atoms with Gasteiger partial charge in [0.25, 0.3) is 0 Å². The molecule has 0 aromatic carbocycles. The minimum Gasteiger partial charge on any atom is -0.393 e. The van der Waals surface area contributed by atoms with Crippen LogP contribution in [0.3, 0.4) is 0 Å². The molecule has 0 saturated carbocycles. The average Bonchev–Trinajstić information content (AvgIpc) is 2.27. The number of carbonyl (C=O) groups excluding carboxylic acids is 1. The maximum Gasteiger partial charge on any atom is 0.225 e. The quantitative estimate of drug-likeness (QED) is 0.679. The topological polar surface area (TPSA) is 49.8 Å². The molecule has 4 nitrogen and oxygen atoms in total. The lowest BCUT2D eigenvalue weighted by Crippen LogP contribution is -2.41. The molecule has 0 radical (unpaired) electrons. The maximum absolute atomic E-state index is 11.7. The highest BCUT2D eigenvalue weighted by Gasteiger charge is 2.19. The van der Waals surface area contributed by atoms with Gasteiger partial charge in [-0.05, 0) is 12.8 Å². The number of morpholine rings is 1. The van der Waals surface area contributed by atoms with Gasteiger partial charge in [0, 0.05) is 13.1 Å². The Kier molecular flexibility index (Phi) is 5.36. The number of rotatable bonds is 5. The summed E-state index contributed by atoms with van der Waals surface area (Å²) in [6, 6.07) is 0. The molecule has 1 amide bonds.